The topological polar surface area (TPSA) is 80.8 Å². The van der Waals surface area contributed by atoms with Crippen LogP contribution >= 0.6 is 0 Å². The van der Waals surface area contributed by atoms with E-state index in [9.17, 15) is 22.8 Å². The molecule has 0 radical (unpaired) electrons. The zero-order valence-electron chi connectivity index (χ0n) is 14.9. The molecule has 0 saturated carbocycles. The lowest BCUT2D eigenvalue weighted by atomic mass is 10.2. The van der Waals surface area contributed by atoms with E-state index < -0.39 is 18.4 Å². The Bertz CT molecular complexity index is 900. The lowest BCUT2D eigenvalue weighted by Gasteiger charge is -2.14. The zero-order chi connectivity index (χ0) is 20.5. The number of rotatable bonds is 5. The minimum absolute atomic E-state index is 0.0738. The number of alkyl halides is 3. The molecule has 0 spiro atoms. The summed E-state index contributed by atoms with van der Waals surface area (Å²) in [6.07, 6.45) is -3.08. The molecule has 0 bridgehead atoms. The Labute approximate surface area is 158 Å². The van der Waals surface area contributed by atoms with Crippen LogP contribution in [0.3, 0.4) is 0 Å². The standard InChI is InChI=1S/C18H16F3N3O4/c1-3-13-16(25)24(17(26)23-13)11-5-7-15(22-9-11)27-12-6-4-10(2)14(8-12)28-18(19,20)21/h4-9,13H,3H2,1-2H3,(H,23,26)/t13-/m1/s1. The molecule has 1 fully saturated rings. The molecule has 1 aromatic heterocycles. The monoisotopic (exact) mass is 395 g/mol. The molecule has 7 nitrogen and oxygen atoms in total. The van der Waals surface area contributed by atoms with Gasteiger partial charge in [0.1, 0.15) is 17.5 Å². The van der Waals surface area contributed by atoms with Gasteiger partial charge in [0.15, 0.2) is 0 Å². The van der Waals surface area contributed by atoms with Gasteiger partial charge in [-0.3, -0.25) is 4.79 Å². The van der Waals surface area contributed by atoms with Gasteiger partial charge in [-0.2, -0.15) is 0 Å². The fourth-order valence-electron chi connectivity index (χ4n) is 2.62. The van der Waals surface area contributed by atoms with Crippen LogP contribution in [0.1, 0.15) is 18.9 Å². The number of urea groups is 1. The van der Waals surface area contributed by atoms with Gasteiger partial charge < -0.3 is 14.8 Å². The summed E-state index contributed by atoms with van der Waals surface area (Å²) in [6.45, 7) is 3.25. The van der Waals surface area contributed by atoms with Crippen LogP contribution in [0, 0.1) is 6.92 Å². The number of carbonyl (C=O) groups excluding carboxylic acids is 2. The number of nitrogens with zero attached hydrogens (tertiary/aromatic N) is 2. The van der Waals surface area contributed by atoms with Crippen LogP contribution in [0.5, 0.6) is 17.4 Å². The van der Waals surface area contributed by atoms with Crippen molar-refractivity contribution in [3.63, 3.8) is 0 Å². The highest BCUT2D eigenvalue weighted by molar-refractivity contribution is 6.21. The summed E-state index contributed by atoms with van der Waals surface area (Å²) >= 11 is 0. The molecule has 1 saturated heterocycles. The molecule has 2 heterocycles. The number of aryl methyl sites for hydroxylation is 1. The molecular weight excluding hydrogens is 379 g/mol. The number of hydrogen-bond acceptors (Lipinski definition) is 5. The molecule has 0 unspecified atom stereocenters. The quantitative estimate of drug-likeness (QED) is 0.777. The lowest BCUT2D eigenvalue weighted by molar-refractivity contribution is -0.274. The first-order valence-corrected chi connectivity index (χ1v) is 8.32. The van der Waals surface area contributed by atoms with Crippen molar-refractivity contribution in [3.8, 4) is 17.4 Å². The molecule has 28 heavy (non-hydrogen) atoms. The largest absolute Gasteiger partial charge is 0.573 e. The van der Waals surface area contributed by atoms with Crippen LogP contribution in [0.15, 0.2) is 36.5 Å². The number of amides is 3. The SMILES string of the molecule is CC[C@H]1NC(=O)N(c2ccc(Oc3ccc(C)c(OC(F)(F)F)c3)nc2)C1=O. The van der Waals surface area contributed by atoms with E-state index >= 15 is 0 Å². The van der Waals surface area contributed by atoms with E-state index in [4.69, 9.17) is 4.74 Å². The smallest absolute Gasteiger partial charge is 0.439 e. The number of imide groups is 1. The van der Waals surface area contributed by atoms with E-state index in [1.165, 1.54) is 37.4 Å². The summed E-state index contributed by atoms with van der Waals surface area (Å²) < 4.78 is 46.7. The molecule has 1 atom stereocenters. The number of hydrogen-bond donors (Lipinski definition) is 1. The Hall–Kier alpha value is -3.30. The van der Waals surface area contributed by atoms with Crippen LogP contribution in [-0.4, -0.2) is 29.3 Å². The van der Waals surface area contributed by atoms with Gasteiger partial charge in [-0.25, -0.2) is 14.7 Å². The summed E-state index contributed by atoms with van der Waals surface area (Å²) in [5, 5.41) is 2.56. The van der Waals surface area contributed by atoms with E-state index in [0.717, 1.165) is 11.0 Å². The van der Waals surface area contributed by atoms with Crippen molar-refractivity contribution in [2.45, 2.75) is 32.7 Å². The third-order valence-corrected chi connectivity index (χ3v) is 4.01. The average Bonchev–Trinajstić information content (AvgIpc) is 2.91. The van der Waals surface area contributed by atoms with Crippen LogP contribution < -0.4 is 19.7 Å². The van der Waals surface area contributed by atoms with Crippen LogP contribution in [0.4, 0.5) is 23.7 Å². The second kappa shape index (κ2) is 7.37. The third-order valence-electron chi connectivity index (χ3n) is 4.01. The Morgan fingerprint density at radius 2 is 1.96 bits per heavy atom. The number of halogens is 3. The van der Waals surface area contributed by atoms with Crippen molar-refractivity contribution < 1.29 is 32.2 Å². The van der Waals surface area contributed by atoms with E-state index in [0.29, 0.717) is 6.42 Å². The van der Waals surface area contributed by atoms with Gasteiger partial charge in [-0.15, -0.1) is 13.2 Å². The van der Waals surface area contributed by atoms with Gasteiger partial charge in [0, 0.05) is 12.1 Å². The Morgan fingerprint density at radius 3 is 2.54 bits per heavy atom. The third kappa shape index (κ3) is 4.16. The van der Waals surface area contributed by atoms with Gasteiger partial charge in [0.2, 0.25) is 5.88 Å². The van der Waals surface area contributed by atoms with Crippen LogP contribution in [-0.2, 0) is 4.79 Å². The van der Waals surface area contributed by atoms with E-state index in [1.54, 1.807) is 6.92 Å². The second-order valence-electron chi connectivity index (χ2n) is 6.02. The number of aromatic nitrogens is 1. The summed E-state index contributed by atoms with van der Waals surface area (Å²) in [6, 6.07) is 5.73. The van der Waals surface area contributed by atoms with E-state index in [1.807, 2.05) is 0 Å². The van der Waals surface area contributed by atoms with Crippen molar-refractivity contribution in [2.24, 2.45) is 0 Å². The summed E-state index contributed by atoms with van der Waals surface area (Å²) in [4.78, 5) is 29.1. The number of anilines is 1. The fraction of sp³-hybridized carbons (Fsp3) is 0.278. The molecule has 2 aromatic rings. The number of benzene rings is 1. The molecule has 1 N–H and O–H groups in total. The molecule has 0 aliphatic carbocycles. The summed E-state index contributed by atoms with van der Waals surface area (Å²) in [5.41, 5.74) is 0.549. The van der Waals surface area contributed by atoms with Gasteiger partial charge in [0.05, 0.1) is 11.9 Å². The first-order chi connectivity index (χ1) is 13.2. The predicted octanol–water partition coefficient (Wildman–Crippen LogP) is 3.92. The van der Waals surface area contributed by atoms with E-state index in [-0.39, 0.29) is 34.5 Å². The lowest BCUT2D eigenvalue weighted by Crippen LogP contribution is -2.31. The minimum Gasteiger partial charge on any atom is -0.439 e. The predicted molar refractivity (Wildman–Crippen MR) is 92.3 cm³/mol. The number of ether oxygens (including phenoxy) is 2. The zero-order valence-corrected chi connectivity index (χ0v) is 14.9. The number of nitrogens with one attached hydrogen (secondary N) is 1. The fourth-order valence-corrected chi connectivity index (χ4v) is 2.62. The average molecular weight is 395 g/mol. The van der Waals surface area contributed by atoms with Gasteiger partial charge >= 0.3 is 12.4 Å². The van der Waals surface area contributed by atoms with Gasteiger partial charge in [-0.1, -0.05) is 13.0 Å². The second-order valence-corrected chi connectivity index (χ2v) is 6.02. The molecule has 1 aliphatic heterocycles. The minimum atomic E-state index is -4.82. The van der Waals surface area contributed by atoms with Crippen molar-refractivity contribution in [2.75, 3.05) is 4.90 Å². The molecule has 148 valence electrons. The van der Waals surface area contributed by atoms with Gasteiger partial charge in [-0.05, 0) is 31.0 Å². The molecular formula is C18H16F3N3O4. The summed E-state index contributed by atoms with van der Waals surface area (Å²) in [5.74, 6) is -0.599. The Balaban J connectivity index is 1.76. The van der Waals surface area contributed by atoms with Crippen LogP contribution in [0.25, 0.3) is 0 Å². The molecule has 3 amide bonds. The summed E-state index contributed by atoms with van der Waals surface area (Å²) in [7, 11) is 0. The maximum atomic E-state index is 12.4. The van der Waals surface area contributed by atoms with E-state index in [2.05, 4.69) is 15.0 Å². The van der Waals surface area contributed by atoms with Crippen molar-refractivity contribution in [1.82, 2.24) is 10.3 Å². The Kier molecular flexibility index (Phi) is 5.12. The van der Waals surface area contributed by atoms with Crippen molar-refractivity contribution in [3.05, 3.63) is 42.1 Å². The van der Waals surface area contributed by atoms with Gasteiger partial charge in [0.25, 0.3) is 5.91 Å². The highest BCUT2D eigenvalue weighted by atomic mass is 19.4. The normalized spacial score (nSPS) is 16.9. The first kappa shape index (κ1) is 19.5. The number of pyridine rings is 1. The highest BCUT2D eigenvalue weighted by Gasteiger charge is 2.38. The molecule has 3 rings (SSSR count). The molecule has 1 aliphatic rings. The van der Waals surface area contributed by atoms with Crippen LogP contribution in [0.2, 0.25) is 0 Å². The Morgan fingerprint density at radius 1 is 1.21 bits per heavy atom. The molecule has 1 aromatic carbocycles. The highest BCUT2D eigenvalue weighted by Crippen LogP contribution is 2.32. The van der Waals surface area contributed by atoms with Crippen molar-refractivity contribution in [1.29, 1.82) is 0 Å². The number of carbonyl (C=O) groups is 2. The first-order valence-electron chi connectivity index (χ1n) is 8.32. The maximum absolute atomic E-state index is 12.4. The van der Waals surface area contributed by atoms with Crippen molar-refractivity contribution >= 4 is 17.6 Å². The molecule has 10 heteroatoms. The maximum Gasteiger partial charge on any atom is 0.573 e.